The number of hydrogen-bond acceptors (Lipinski definition) is 5. The Hall–Kier alpha value is -4.53. The highest BCUT2D eigenvalue weighted by atomic mass is 35.5. The molecule has 5 aromatic rings. The Labute approximate surface area is 237 Å². The van der Waals surface area contributed by atoms with Crippen LogP contribution in [0.1, 0.15) is 24.3 Å². The van der Waals surface area contributed by atoms with E-state index in [-0.39, 0.29) is 5.56 Å². The molecule has 1 amide bonds. The van der Waals surface area contributed by atoms with Gasteiger partial charge in [-0.25, -0.2) is 9.38 Å². The summed E-state index contributed by atoms with van der Waals surface area (Å²) in [6.07, 6.45) is 1.66. The normalized spacial score (nSPS) is 15.1. The summed E-state index contributed by atoms with van der Waals surface area (Å²) >= 11 is 7.19. The van der Waals surface area contributed by atoms with Crippen molar-refractivity contribution in [2.24, 2.45) is 4.99 Å². The van der Waals surface area contributed by atoms with Crippen molar-refractivity contribution in [3.63, 3.8) is 0 Å². The van der Waals surface area contributed by atoms with Gasteiger partial charge < -0.3 is 9.73 Å². The predicted octanol–water partition coefficient (Wildman–Crippen LogP) is 5.93. The average molecular weight is 570 g/mol. The maximum Gasteiger partial charge on any atom is 0.271 e. The first-order valence-electron chi connectivity index (χ1n) is 12.4. The number of halogens is 2. The Morgan fingerprint density at radius 2 is 1.75 bits per heavy atom. The van der Waals surface area contributed by atoms with Gasteiger partial charge in [0.2, 0.25) is 0 Å². The lowest BCUT2D eigenvalue weighted by molar-refractivity contribution is -0.113. The second-order valence-electron chi connectivity index (χ2n) is 9.16. The maximum absolute atomic E-state index is 13.8. The highest BCUT2D eigenvalue weighted by molar-refractivity contribution is 7.07. The molecular weight excluding hydrogens is 549 g/mol. The van der Waals surface area contributed by atoms with Crippen molar-refractivity contribution in [3.8, 4) is 11.3 Å². The summed E-state index contributed by atoms with van der Waals surface area (Å²) in [5.41, 5.74) is 2.49. The van der Waals surface area contributed by atoms with Crippen molar-refractivity contribution in [2.75, 3.05) is 5.32 Å². The smallest absolute Gasteiger partial charge is 0.271 e. The maximum atomic E-state index is 13.8. The minimum absolute atomic E-state index is 0.303. The second-order valence-corrected chi connectivity index (χ2v) is 10.6. The fourth-order valence-electron chi connectivity index (χ4n) is 4.62. The second kappa shape index (κ2) is 10.6. The highest BCUT2D eigenvalue weighted by Crippen LogP contribution is 2.31. The van der Waals surface area contributed by atoms with Crippen LogP contribution in [0.4, 0.5) is 10.1 Å². The summed E-state index contributed by atoms with van der Waals surface area (Å²) in [5.74, 6) is 0.318. The number of thiazole rings is 1. The molecule has 9 heteroatoms. The lowest BCUT2D eigenvalue weighted by atomic mass is 9.95. The Morgan fingerprint density at radius 3 is 2.48 bits per heavy atom. The summed E-state index contributed by atoms with van der Waals surface area (Å²) in [5, 5.41) is 3.52. The van der Waals surface area contributed by atoms with Gasteiger partial charge >= 0.3 is 0 Å². The van der Waals surface area contributed by atoms with E-state index in [1.165, 1.54) is 28.0 Å². The summed E-state index contributed by atoms with van der Waals surface area (Å²) in [4.78, 5) is 32.4. The fraction of sp³-hybridized carbons (Fsp3) is 0.0645. The van der Waals surface area contributed by atoms with Gasteiger partial charge in [0, 0.05) is 22.3 Å². The molecular formula is C31H21ClFN3O3S. The summed E-state index contributed by atoms with van der Waals surface area (Å²) in [6.45, 7) is 1.73. The van der Waals surface area contributed by atoms with Crippen LogP contribution in [0.15, 0.2) is 116 Å². The standard InChI is InChI=1S/C31H21ClFN3O3S/c1-18-27(29(37)35-23-5-3-2-4-6-23)28(20-9-13-22(33)14-10-20)36-30(38)26(40-31(36)34-18)17-24-15-16-25(39-24)19-7-11-21(32)12-8-19/h2-17,28H,1H3,(H,35,37)/b26-17-. The molecule has 6 rings (SSSR count). The van der Waals surface area contributed by atoms with Gasteiger partial charge in [0.15, 0.2) is 4.80 Å². The first kappa shape index (κ1) is 25.7. The molecule has 0 aliphatic carbocycles. The molecule has 1 aliphatic heterocycles. The van der Waals surface area contributed by atoms with Crippen LogP contribution in [-0.2, 0) is 4.79 Å². The molecule has 6 nitrogen and oxygen atoms in total. The van der Waals surface area contributed by atoms with Crippen molar-refractivity contribution >= 4 is 40.6 Å². The third-order valence-corrected chi connectivity index (χ3v) is 7.75. The highest BCUT2D eigenvalue weighted by Gasteiger charge is 2.32. The Kier molecular flexibility index (Phi) is 6.79. The molecule has 0 spiro atoms. The van der Waals surface area contributed by atoms with Gasteiger partial charge in [-0.05, 0) is 73.2 Å². The lowest BCUT2D eigenvalue weighted by Gasteiger charge is -2.25. The number of furan rings is 1. The van der Waals surface area contributed by atoms with Crippen LogP contribution in [0.2, 0.25) is 5.02 Å². The number of nitrogens with one attached hydrogen (secondary N) is 1. The molecule has 2 aromatic heterocycles. The van der Waals surface area contributed by atoms with Crippen molar-refractivity contribution in [1.82, 2.24) is 4.57 Å². The molecule has 198 valence electrons. The van der Waals surface area contributed by atoms with Crippen LogP contribution in [0.25, 0.3) is 17.4 Å². The summed E-state index contributed by atoms with van der Waals surface area (Å²) < 4.78 is 21.7. The van der Waals surface area contributed by atoms with Crippen molar-refractivity contribution in [1.29, 1.82) is 0 Å². The van der Waals surface area contributed by atoms with E-state index in [2.05, 4.69) is 10.3 Å². The first-order valence-corrected chi connectivity index (χ1v) is 13.6. The van der Waals surface area contributed by atoms with Crippen LogP contribution in [0.5, 0.6) is 0 Å². The third kappa shape index (κ3) is 4.95. The molecule has 0 fully saturated rings. The average Bonchev–Trinajstić information content (AvgIpc) is 3.53. The van der Waals surface area contributed by atoms with E-state index in [1.54, 1.807) is 55.5 Å². The van der Waals surface area contributed by atoms with E-state index < -0.39 is 17.8 Å². The van der Waals surface area contributed by atoms with E-state index in [4.69, 9.17) is 16.0 Å². The monoisotopic (exact) mass is 569 g/mol. The Morgan fingerprint density at radius 1 is 1.02 bits per heavy atom. The van der Waals surface area contributed by atoms with E-state index in [9.17, 15) is 14.0 Å². The molecule has 0 radical (unpaired) electrons. The van der Waals surface area contributed by atoms with Crippen LogP contribution in [0.3, 0.4) is 0 Å². The van der Waals surface area contributed by atoms with Crippen molar-refractivity contribution < 1.29 is 13.6 Å². The number of rotatable bonds is 5. The first-order chi connectivity index (χ1) is 19.4. The third-order valence-electron chi connectivity index (χ3n) is 6.51. The number of anilines is 1. The van der Waals surface area contributed by atoms with E-state index >= 15 is 0 Å². The van der Waals surface area contributed by atoms with Gasteiger partial charge in [0.05, 0.1) is 21.8 Å². The van der Waals surface area contributed by atoms with Gasteiger partial charge in [-0.15, -0.1) is 0 Å². The number of para-hydroxylation sites is 1. The minimum atomic E-state index is -0.802. The van der Waals surface area contributed by atoms with Crippen LogP contribution >= 0.6 is 22.9 Å². The molecule has 0 saturated heterocycles. The number of benzene rings is 3. The number of carbonyl (C=O) groups excluding carboxylic acids is 1. The number of amides is 1. The number of aromatic nitrogens is 1. The molecule has 3 heterocycles. The molecule has 40 heavy (non-hydrogen) atoms. The SMILES string of the molecule is CC1=C(C(=O)Nc2ccccc2)C(c2ccc(F)cc2)n2c(s/c(=C\c3ccc(-c4ccc(Cl)cc4)o3)c2=O)=N1. The lowest BCUT2D eigenvalue weighted by Crippen LogP contribution is -2.40. The minimum Gasteiger partial charge on any atom is -0.457 e. The molecule has 1 atom stereocenters. The largest absolute Gasteiger partial charge is 0.457 e. The number of carbonyl (C=O) groups is 1. The Balaban J connectivity index is 1.44. The van der Waals surface area contributed by atoms with Crippen LogP contribution in [0, 0.1) is 5.82 Å². The number of nitrogens with zero attached hydrogens (tertiary/aromatic N) is 2. The number of fused-ring (bicyclic) bond motifs is 1. The van der Waals surface area contributed by atoms with Crippen molar-refractivity contribution in [3.05, 3.63) is 144 Å². The van der Waals surface area contributed by atoms with Gasteiger partial charge in [0.1, 0.15) is 17.3 Å². The van der Waals surface area contributed by atoms with Crippen molar-refractivity contribution in [2.45, 2.75) is 13.0 Å². The number of allylic oxidation sites excluding steroid dienone is 1. The van der Waals surface area contributed by atoms with Crippen LogP contribution < -0.4 is 20.2 Å². The van der Waals surface area contributed by atoms with Gasteiger partial charge in [0.25, 0.3) is 11.5 Å². The van der Waals surface area contributed by atoms with E-state index in [0.29, 0.717) is 48.4 Å². The van der Waals surface area contributed by atoms with Gasteiger partial charge in [-0.3, -0.25) is 14.2 Å². The van der Waals surface area contributed by atoms with Gasteiger partial charge in [-0.2, -0.15) is 0 Å². The quantitative estimate of drug-likeness (QED) is 0.285. The fourth-order valence-corrected chi connectivity index (χ4v) is 5.77. The zero-order chi connectivity index (χ0) is 27.8. The zero-order valence-corrected chi connectivity index (χ0v) is 22.7. The zero-order valence-electron chi connectivity index (χ0n) is 21.1. The molecule has 0 bridgehead atoms. The Bertz CT molecular complexity index is 1940. The van der Waals surface area contributed by atoms with Gasteiger partial charge in [-0.1, -0.05) is 53.3 Å². The molecule has 1 N–H and O–H groups in total. The molecule has 1 unspecified atom stereocenters. The summed E-state index contributed by atoms with van der Waals surface area (Å²) in [7, 11) is 0. The molecule has 3 aromatic carbocycles. The molecule has 0 saturated carbocycles. The predicted molar refractivity (Wildman–Crippen MR) is 154 cm³/mol. The summed E-state index contributed by atoms with van der Waals surface area (Å²) in [6, 6.07) is 24.9. The number of hydrogen-bond donors (Lipinski definition) is 1. The van der Waals surface area contributed by atoms with Crippen LogP contribution in [-0.4, -0.2) is 10.5 Å². The topological polar surface area (TPSA) is 76.6 Å². The van der Waals surface area contributed by atoms with E-state index in [0.717, 1.165) is 5.56 Å². The molecule has 1 aliphatic rings. The van der Waals surface area contributed by atoms with E-state index in [1.807, 2.05) is 36.4 Å².